The van der Waals surface area contributed by atoms with E-state index >= 15 is 0 Å². The van der Waals surface area contributed by atoms with Gasteiger partial charge in [-0.1, -0.05) is 34.1 Å². The van der Waals surface area contributed by atoms with Gasteiger partial charge in [0.2, 0.25) is 0 Å². The molecule has 1 N–H and O–H groups in total. The van der Waals surface area contributed by atoms with Crippen LogP contribution in [0.1, 0.15) is 16.7 Å². The monoisotopic (exact) mass is 534 g/mol. The van der Waals surface area contributed by atoms with E-state index in [9.17, 15) is 14.4 Å². The Bertz CT molecular complexity index is 1300. The third-order valence-corrected chi connectivity index (χ3v) is 5.70. The van der Waals surface area contributed by atoms with Crippen LogP contribution in [0.3, 0.4) is 0 Å². The molecule has 1 aliphatic heterocycles. The lowest BCUT2D eigenvalue weighted by Gasteiger charge is -2.26. The van der Waals surface area contributed by atoms with Crippen molar-refractivity contribution < 1.29 is 23.9 Å². The van der Waals surface area contributed by atoms with Crippen LogP contribution in [-0.2, 0) is 9.59 Å². The number of amides is 4. The molecular formula is C27H23BrN2O5. The Balaban J connectivity index is 1.45. The molecule has 0 unspecified atom stereocenters. The van der Waals surface area contributed by atoms with Crippen LogP contribution in [0.15, 0.2) is 76.8 Å². The van der Waals surface area contributed by atoms with Gasteiger partial charge in [0.05, 0.1) is 5.69 Å². The summed E-state index contributed by atoms with van der Waals surface area (Å²) >= 11 is 3.32. The van der Waals surface area contributed by atoms with Crippen LogP contribution in [0.2, 0.25) is 0 Å². The molecule has 4 amide bonds. The highest BCUT2D eigenvalue weighted by Gasteiger charge is 2.36. The number of urea groups is 1. The molecule has 7 nitrogen and oxygen atoms in total. The average molecular weight is 535 g/mol. The van der Waals surface area contributed by atoms with Crippen molar-refractivity contribution in [2.45, 2.75) is 13.8 Å². The molecule has 0 radical (unpaired) electrons. The first-order valence-electron chi connectivity index (χ1n) is 10.9. The van der Waals surface area contributed by atoms with Gasteiger partial charge in [0.25, 0.3) is 11.8 Å². The lowest BCUT2D eigenvalue weighted by molar-refractivity contribution is -0.122. The molecule has 0 atom stereocenters. The number of carbonyl (C=O) groups is 3. The first kappa shape index (κ1) is 24.2. The van der Waals surface area contributed by atoms with Gasteiger partial charge in [0, 0.05) is 4.47 Å². The molecule has 0 bridgehead atoms. The lowest BCUT2D eigenvalue weighted by Crippen LogP contribution is -2.54. The maximum Gasteiger partial charge on any atom is 0.335 e. The smallest absolute Gasteiger partial charge is 0.335 e. The molecule has 0 aromatic heterocycles. The van der Waals surface area contributed by atoms with E-state index in [1.165, 1.54) is 6.08 Å². The van der Waals surface area contributed by atoms with Crippen molar-refractivity contribution in [1.29, 1.82) is 0 Å². The molecule has 1 fully saturated rings. The fourth-order valence-corrected chi connectivity index (χ4v) is 3.94. The normalized spacial score (nSPS) is 14.8. The minimum atomic E-state index is -0.791. The summed E-state index contributed by atoms with van der Waals surface area (Å²) in [5, 5.41) is 2.22. The van der Waals surface area contributed by atoms with E-state index in [4.69, 9.17) is 9.47 Å². The van der Waals surface area contributed by atoms with Gasteiger partial charge in [-0.3, -0.25) is 14.9 Å². The quantitative estimate of drug-likeness (QED) is 0.256. The van der Waals surface area contributed by atoms with Gasteiger partial charge < -0.3 is 9.47 Å². The van der Waals surface area contributed by atoms with Crippen molar-refractivity contribution in [1.82, 2.24) is 5.32 Å². The summed E-state index contributed by atoms with van der Waals surface area (Å²) in [6.45, 7) is 4.71. The minimum absolute atomic E-state index is 0.150. The number of anilines is 1. The summed E-state index contributed by atoms with van der Waals surface area (Å²) in [6, 6.07) is 18.9. The molecule has 3 aromatic carbocycles. The zero-order valence-corrected chi connectivity index (χ0v) is 20.8. The second-order valence-corrected chi connectivity index (χ2v) is 8.94. The summed E-state index contributed by atoms with van der Waals surface area (Å²) in [4.78, 5) is 38.7. The Morgan fingerprint density at radius 2 is 1.51 bits per heavy atom. The van der Waals surface area contributed by atoms with Crippen LogP contribution in [0, 0.1) is 13.8 Å². The summed E-state index contributed by atoms with van der Waals surface area (Å²) in [6.07, 6.45) is 1.44. The van der Waals surface area contributed by atoms with Crippen LogP contribution >= 0.6 is 15.9 Å². The fourth-order valence-electron chi connectivity index (χ4n) is 3.68. The van der Waals surface area contributed by atoms with Crippen LogP contribution in [0.4, 0.5) is 10.5 Å². The summed E-state index contributed by atoms with van der Waals surface area (Å²) in [5.74, 6) is -0.0973. The first-order chi connectivity index (χ1) is 16.8. The number of aryl methyl sites for hydroxylation is 2. The first-order valence-corrected chi connectivity index (χ1v) is 11.7. The lowest BCUT2D eigenvalue weighted by atomic mass is 10.1. The Labute approximate surface area is 211 Å². The Hall–Kier alpha value is -3.91. The highest BCUT2D eigenvalue weighted by atomic mass is 79.9. The predicted molar refractivity (Wildman–Crippen MR) is 136 cm³/mol. The zero-order chi connectivity index (χ0) is 24.9. The van der Waals surface area contributed by atoms with Gasteiger partial charge in [-0.15, -0.1) is 0 Å². The number of nitrogens with one attached hydrogen (secondary N) is 1. The number of barbiturate groups is 1. The Morgan fingerprint density at radius 1 is 0.857 bits per heavy atom. The van der Waals surface area contributed by atoms with Crippen molar-refractivity contribution in [3.63, 3.8) is 0 Å². The average Bonchev–Trinajstić information content (AvgIpc) is 2.80. The second kappa shape index (κ2) is 10.6. The standard InChI is InChI=1S/C27H23BrN2O5/c1-17-12-18(2)14-23(13-17)35-11-10-34-22-5-3-4-19(15-22)16-24-25(31)29-27(33)30(26(24)32)21-8-6-20(28)7-9-21/h3-9,12-16H,10-11H2,1-2H3,(H,29,31,33)/b24-16-. The van der Waals surface area contributed by atoms with E-state index in [1.807, 2.05) is 26.0 Å². The van der Waals surface area contributed by atoms with E-state index in [0.29, 0.717) is 30.2 Å². The number of carbonyl (C=O) groups excluding carboxylic acids is 3. The molecule has 0 saturated carbocycles. The van der Waals surface area contributed by atoms with Crippen molar-refractivity contribution in [2.75, 3.05) is 18.1 Å². The van der Waals surface area contributed by atoms with E-state index < -0.39 is 17.8 Å². The fraction of sp³-hybridized carbons (Fsp3) is 0.148. The molecule has 1 saturated heterocycles. The number of benzene rings is 3. The number of rotatable bonds is 7. The Kier molecular flexibility index (Phi) is 7.31. The van der Waals surface area contributed by atoms with E-state index in [-0.39, 0.29) is 5.57 Å². The number of halogens is 1. The topological polar surface area (TPSA) is 84.9 Å². The maximum absolute atomic E-state index is 13.0. The zero-order valence-electron chi connectivity index (χ0n) is 19.2. The number of ether oxygens (including phenoxy) is 2. The van der Waals surface area contributed by atoms with Crippen LogP contribution < -0.4 is 19.7 Å². The van der Waals surface area contributed by atoms with Crippen LogP contribution in [-0.4, -0.2) is 31.1 Å². The number of nitrogens with zero attached hydrogens (tertiary/aromatic N) is 1. The predicted octanol–water partition coefficient (Wildman–Crippen LogP) is 5.19. The van der Waals surface area contributed by atoms with Gasteiger partial charge in [-0.05, 0) is 85.1 Å². The molecule has 3 aromatic rings. The van der Waals surface area contributed by atoms with Crippen LogP contribution in [0.5, 0.6) is 11.5 Å². The molecule has 178 valence electrons. The van der Waals surface area contributed by atoms with E-state index in [0.717, 1.165) is 26.2 Å². The summed E-state index contributed by atoms with van der Waals surface area (Å²) < 4.78 is 12.3. The molecule has 0 spiro atoms. The van der Waals surface area contributed by atoms with Crippen molar-refractivity contribution in [3.8, 4) is 11.5 Å². The minimum Gasteiger partial charge on any atom is -0.490 e. The molecule has 4 rings (SSSR count). The Morgan fingerprint density at radius 3 is 2.20 bits per heavy atom. The highest BCUT2D eigenvalue weighted by Crippen LogP contribution is 2.24. The van der Waals surface area contributed by atoms with Gasteiger partial charge in [-0.25, -0.2) is 9.69 Å². The van der Waals surface area contributed by atoms with Crippen LogP contribution in [0.25, 0.3) is 6.08 Å². The van der Waals surface area contributed by atoms with Crippen molar-refractivity contribution >= 4 is 45.5 Å². The molecular weight excluding hydrogens is 512 g/mol. The molecule has 0 aliphatic carbocycles. The molecule has 8 heteroatoms. The highest BCUT2D eigenvalue weighted by molar-refractivity contribution is 9.10. The van der Waals surface area contributed by atoms with Gasteiger partial charge >= 0.3 is 6.03 Å². The summed E-state index contributed by atoms with van der Waals surface area (Å²) in [7, 11) is 0. The molecule has 35 heavy (non-hydrogen) atoms. The van der Waals surface area contributed by atoms with Gasteiger partial charge in [0.15, 0.2) is 0 Å². The third-order valence-electron chi connectivity index (χ3n) is 5.17. The maximum atomic E-state index is 13.0. The van der Waals surface area contributed by atoms with Crippen molar-refractivity contribution in [2.24, 2.45) is 0 Å². The van der Waals surface area contributed by atoms with Gasteiger partial charge in [-0.2, -0.15) is 0 Å². The number of hydrogen-bond donors (Lipinski definition) is 1. The summed E-state index contributed by atoms with van der Waals surface area (Å²) in [5.41, 5.74) is 3.05. The number of hydrogen-bond acceptors (Lipinski definition) is 5. The molecule has 1 heterocycles. The van der Waals surface area contributed by atoms with E-state index in [1.54, 1.807) is 48.5 Å². The molecule has 1 aliphatic rings. The second-order valence-electron chi connectivity index (χ2n) is 8.03. The SMILES string of the molecule is Cc1cc(C)cc(OCCOc2cccc(/C=C3/C(=O)NC(=O)N(c4ccc(Br)cc4)C3=O)c2)c1. The largest absolute Gasteiger partial charge is 0.490 e. The van der Waals surface area contributed by atoms with Gasteiger partial charge in [0.1, 0.15) is 30.3 Å². The number of imide groups is 2. The van der Waals surface area contributed by atoms with E-state index in [2.05, 4.69) is 27.3 Å². The third kappa shape index (κ3) is 5.96. The van der Waals surface area contributed by atoms with Crippen molar-refractivity contribution in [3.05, 3.63) is 93.5 Å².